The van der Waals surface area contributed by atoms with Gasteiger partial charge in [-0.1, -0.05) is 6.07 Å². The third kappa shape index (κ3) is 3.81. The molecule has 7 nitrogen and oxygen atoms in total. The van der Waals surface area contributed by atoms with E-state index in [4.69, 9.17) is 0 Å². The van der Waals surface area contributed by atoms with E-state index in [0.29, 0.717) is 31.6 Å². The maximum atomic E-state index is 13.1. The van der Waals surface area contributed by atoms with E-state index in [1.807, 2.05) is 23.1 Å². The molecule has 152 valence electrons. The monoisotopic (exact) mass is 399 g/mol. The summed E-state index contributed by atoms with van der Waals surface area (Å²) in [6.45, 7) is 1.57. The van der Waals surface area contributed by atoms with Crippen molar-refractivity contribution in [3.8, 4) is 0 Å². The normalized spacial score (nSPS) is 23.5. The molecule has 2 aliphatic rings. The summed E-state index contributed by atoms with van der Waals surface area (Å²) in [7, 11) is 0. The molecule has 1 aliphatic carbocycles. The number of halogens is 1. The fourth-order valence-corrected chi connectivity index (χ4v) is 4.02. The minimum absolute atomic E-state index is 0.302. The zero-order valence-electron chi connectivity index (χ0n) is 15.6. The summed E-state index contributed by atoms with van der Waals surface area (Å²) in [4.78, 5) is 26.0. The molecule has 4 N–H and O–H groups in total. The lowest BCUT2D eigenvalue weighted by molar-refractivity contribution is -0.138. The molecule has 0 saturated carbocycles. The van der Waals surface area contributed by atoms with Crippen LogP contribution in [0.5, 0.6) is 0 Å². The Labute approximate surface area is 167 Å². The van der Waals surface area contributed by atoms with Gasteiger partial charge in [0.15, 0.2) is 0 Å². The number of carbonyl (C=O) groups excluding carboxylic acids is 1. The number of aliphatic hydroxyl groups excluding tert-OH is 1. The number of carboxylic acids is 1. The number of aliphatic hydroxyl groups is 1. The number of nitrogens with one attached hydrogen (secondary N) is 2. The Balaban J connectivity index is 1.59. The number of anilines is 1. The predicted molar refractivity (Wildman–Crippen MR) is 104 cm³/mol. The molecule has 1 saturated heterocycles. The molecule has 1 fully saturated rings. The van der Waals surface area contributed by atoms with Crippen molar-refractivity contribution in [2.45, 2.75) is 24.6 Å². The zero-order valence-corrected chi connectivity index (χ0v) is 15.6. The number of hydrogen-bond donors (Lipinski definition) is 4. The molecular weight excluding hydrogens is 377 g/mol. The number of carbonyl (C=O) groups is 2. The van der Waals surface area contributed by atoms with Crippen molar-refractivity contribution in [3.05, 3.63) is 65.0 Å². The number of hydrogen-bond acceptors (Lipinski definition) is 5. The molecule has 1 heterocycles. The maximum Gasteiger partial charge on any atom is 0.327 e. The first-order valence-electron chi connectivity index (χ1n) is 9.51. The summed E-state index contributed by atoms with van der Waals surface area (Å²) in [5, 5.41) is 25.9. The highest BCUT2D eigenvalue weighted by atomic mass is 19.1. The molecule has 0 bridgehead atoms. The van der Waals surface area contributed by atoms with E-state index in [1.165, 1.54) is 24.3 Å². The largest absolute Gasteiger partial charge is 0.480 e. The van der Waals surface area contributed by atoms with Gasteiger partial charge in [0.1, 0.15) is 11.9 Å². The van der Waals surface area contributed by atoms with Gasteiger partial charge >= 0.3 is 5.97 Å². The standard InChI is InChI=1S/C21H22FN3O4/c22-14-4-1-12(2-5-14)20(27)24-19-16-10-15(6-3-13(16)9-18(19)26)25-8-7-23-11-17(25)21(28)29/h1-6,10,17-19,23,26H,7-9,11H2,(H,24,27)(H,28,29)/t17?,18-,19-/m0/s1. The van der Waals surface area contributed by atoms with Crippen LogP contribution >= 0.6 is 0 Å². The number of nitrogens with zero attached hydrogens (tertiary/aromatic N) is 1. The predicted octanol–water partition coefficient (Wildman–Crippen LogP) is 1.08. The Morgan fingerprint density at radius 2 is 1.93 bits per heavy atom. The molecule has 0 radical (unpaired) electrons. The Kier molecular flexibility index (Phi) is 5.21. The highest BCUT2D eigenvalue weighted by molar-refractivity contribution is 5.94. The van der Waals surface area contributed by atoms with Crippen molar-refractivity contribution in [2.24, 2.45) is 0 Å². The van der Waals surface area contributed by atoms with Crippen molar-refractivity contribution in [1.82, 2.24) is 10.6 Å². The molecule has 2 aromatic carbocycles. The first-order valence-corrected chi connectivity index (χ1v) is 9.51. The minimum Gasteiger partial charge on any atom is -0.480 e. The SMILES string of the molecule is O=C(N[C@H]1c2cc(N3CCNCC3C(=O)O)ccc2C[C@@H]1O)c1ccc(F)cc1. The minimum atomic E-state index is -0.904. The number of rotatable bonds is 4. The number of benzene rings is 2. The van der Waals surface area contributed by atoms with Crippen LogP contribution in [0.25, 0.3) is 0 Å². The van der Waals surface area contributed by atoms with Gasteiger partial charge in [-0.3, -0.25) is 4.79 Å². The molecule has 8 heteroatoms. The molecule has 0 spiro atoms. The molecule has 1 unspecified atom stereocenters. The summed E-state index contributed by atoms with van der Waals surface area (Å²) in [6.07, 6.45) is -0.392. The topological polar surface area (TPSA) is 102 Å². The van der Waals surface area contributed by atoms with Crippen LogP contribution in [0.4, 0.5) is 10.1 Å². The summed E-state index contributed by atoms with van der Waals surface area (Å²) < 4.78 is 13.1. The van der Waals surface area contributed by atoms with E-state index in [2.05, 4.69) is 10.6 Å². The van der Waals surface area contributed by atoms with Gasteiger partial charge in [0.25, 0.3) is 5.91 Å². The molecule has 1 aliphatic heterocycles. The van der Waals surface area contributed by atoms with Crippen LogP contribution in [0.3, 0.4) is 0 Å². The Hall–Kier alpha value is -2.97. The first-order chi connectivity index (χ1) is 13.9. The Morgan fingerprint density at radius 1 is 1.17 bits per heavy atom. The van der Waals surface area contributed by atoms with Crippen LogP contribution in [0.2, 0.25) is 0 Å². The number of piperazine rings is 1. The maximum absolute atomic E-state index is 13.1. The molecule has 0 aromatic heterocycles. The highest BCUT2D eigenvalue weighted by Crippen LogP contribution is 2.35. The lowest BCUT2D eigenvalue weighted by Crippen LogP contribution is -2.55. The van der Waals surface area contributed by atoms with Gasteiger partial charge < -0.3 is 25.7 Å². The second-order valence-corrected chi connectivity index (χ2v) is 7.36. The smallest absolute Gasteiger partial charge is 0.327 e. The number of carboxylic acid groups (broad SMARTS) is 1. The Bertz CT molecular complexity index is 934. The van der Waals surface area contributed by atoms with Gasteiger partial charge in [0.05, 0.1) is 12.1 Å². The van der Waals surface area contributed by atoms with Crippen LogP contribution in [-0.4, -0.2) is 53.9 Å². The second kappa shape index (κ2) is 7.81. The van der Waals surface area contributed by atoms with Crippen molar-refractivity contribution in [2.75, 3.05) is 24.5 Å². The lowest BCUT2D eigenvalue weighted by atomic mass is 10.0. The first kappa shape index (κ1) is 19.4. The van der Waals surface area contributed by atoms with Crippen molar-refractivity contribution >= 4 is 17.6 Å². The molecule has 29 heavy (non-hydrogen) atoms. The number of amides is 1. The summed E-state index contributed by atoms with van der Waals surface area (Å²) >= 11 is 0. The molecule has 4 rings (SSSR count). The zero-order chi connectivity index (χ0) is 20.5. The van der Waals surface area contributed by atoms with E-state index in [0.717, 1.165) is 16.8 Å². The third-order valence-corrected chi connectivity index (χ3v) is 5.53. The van der Waals surface area contributed by atoms with Gasteiger partial charge in [-0.05, 0) is 47.5 Å². The average Bonchev–Trinajstić information content (AvgIpc) is 3.03. The van der Waals surface area contributed by atoms with Crippen LogP contribution in [0.1, 0.15) is 27.5 Å². The summed E-state index contributed by atoms with van der Waals surface area (Å²) in [5.74, 6) is -1.74. The van der Waals surface area contributed by atoms with Crippen molar-refractivity contribution in [1.29, 1.82) is 0 Å². The molecule has 2 aromatic rings. The van der Waals surface area contributed by atoms with Crippen LogP contribution in [-0.2, 0) is 11.2 Å². The van der Waals surface area contributed by atoms with Crippen LogP contribution < -0.4 is 15.5 Å². The average molecular weight is 399 g/mol. The summed E-state index contributed by atoms with van der Waals surface area (Å²) in [5.41, 5.74) is 2.73. The second-order valence-electron chi connectivity index (χ2n) is 7.36. The van der Waals surface area contributed by atoms with E-state index in [-0.39, 0.29) is 0 Å². The lowest BCUT2D eigenvalue weighted by Gasteiger charge is -2.35. The molecule has 3 atom stereocenters. The van der Waals surface area contributed by atoms with E-state index in [9.17, 15) is 24.2 Å². The van der Waals surface area contributed by atoms with Crippen molar-refractivity contribution in [3.63, 3.8) is 0 Å². The van der Waals surface area contributed by atoms with Gasteiger partial charge in [-0.25, -0.2) is 9.18 Å². The number of fused-ring (bicyclic) bond motifs is 1. The van der Waals surface area contributed by atoms with E-state index >= 15 is 0 Å². The van der Waals surface area contributed by atoms with E-state index in [1.54, 1.807) is 0 Å². The summed E-state index contributed by atoms with van der Waals surface area (Å²) in [6, 6.07) is 9.49. The van der Waals surface area contributed by atoms with Gasteiger partial charge in [-0.2, -0.15) is 0 Å². The van der Waals surface area contributed by atoms with Crippen LogP contribution in [0, 0.1) is 5.82 Å². The van der Waals surface area contributed by atoms with Gasteiger partial charge in [0, 0.05) is 37.3 Å². The fraction of sp³-hybridized carbons (Fsp3) is 0.333. The molecule has 1 amide bonds. The fourth-order valence-electron chi connectivity index (χ4n) is 4.02. The molecular formula is C21H22FN3O4. The van der Waals surface area contributed by atoms with Crippen molar-refractivity contribution < 1.29 is 24.2 Å². The van der Waals surface area contributed by atoms with Gasteiger partial charge in [-0.15, -0.1) is 0 Å². The third-order valence-electron chi connectivity index (χ3n) is 5.53. The van der Waals surface area contributed by atoms with Crippen LogP contribution in [0.15, 0.2) is 42.5 Å². The highest BCUT2D eigenvalue weighted by Gasteiger charge is 2.34. The van der Waals surface area contributed by atoms with E-state index < -0.39 is 35.9 Å². The number of aliphatic carboxylic acids is 1. The quantitative estimate of drug-likeness (QED) is 0.614. The Morgan fingerprint density at radius 3 is 2.66 bits per heavy atom. The van der Waals surface area contributed by atoms with Gasteiger partial charge in [0.2, 0.25) is 0 Å².